The van der Waals surface area contributed by atoms with E-state index in [1.807, 2.05) is 60.2 Å². The molecule has 0 amide bonds. The Morgan fingerprint density at radius 3 is 2.63 bits per heavy atom. The number of fused-ring (bicyclic) bond motifs is 1. The van der Waals surface area contributed by atoms with Crippen molar-refractivity contribution in [3.05, 3.63) is 66.4 Å². The summed E-state index contributed by atoms with van der Waals surface area (Å²) in [5.41, 5.74) is 9.44. The minimum absolute atomic E-state index is 0.301. The average Bonchev–Trinajstić information content (AvgIpc) is 3.13. The van der Waals surface area contributed by atoms with Crippen LogP contribution in [0, 0.1) is 18.3 Å². The molecule has 0 saturated heterocycles. The SMILES string of the molecule is COc1ccc2c(-n3cnc(C)c3)nc(C#N)c(-c3ccccc3N)c2c1. The molecule has 132 valence electrons. The number of nitrogens with zero attached hydrogens (tertiary/aromatic N) is 4. The molecular weight excluding hydrogens is 338 g/mol. The minimum Gasteiger partial charge on any atom is -0.497 e. The van der Waals surface area contributed by atoms with E-state index in [9.17, 15) is 5.26 Å². The van der Waals surface area contributed by atoms with Gasteiger partial charge in [-0.05, 0) is 36.6 Å². The second-order valence-corrected chi connectivity index (χ2v) is 6.19. The van der Waals surface area contributed by atoms with E-state index in [1.54, 1.807) is 13.4 Å². The maximum absolute atomic E-state index is 9.82. The first kappa shape index (κ1) is 16.6. The van der Waals surface area contributed by atoms with E-state index < -0.39 is 0 Å². The number of aromatic nitrogens is 3. The number of nitrogens with two attached hydrogens (primary N) is 1. The van der Waals surface area contributed by atoms with E-state index in [2.05, 4.69) is 16.0 Å². The van der Waals surface area contributed by atoms with Crippen LogP contribution < -0.4 is 10.5 Å². The maximum atomic E-state index is 9.82. The third kappa shape index (κ3) is 2.75. The van der Waals surface area contributed by atoms with Gasteiger partial charge < -0.3 is 10.5 Å². The molecule has 2 aromatic heterocycles. The Balaban J connectivity index is 2.15. The lowest BCUT2D eigenvalue weighted by Gasteiger charge is -2.15. The van der Waals surface area contributed by atoms with Crippen molar-refractivity contribution in [3.63, 3.8) is 0 Å². The Morgan fingerprint density at radius 1 is 1.15 bits per heavy atom. The van der Waals surface area contributed by atoms with Crippen LogP contribution in [0.15, 0.2) is 55.0 Å². The van der Waals surface area contributed by atoms with Crippen LogP contribution in [0.4, 0.5) is 5.69 Å². The van der Waals surface area contributed by atoms with Crippen LogP contribution in [0.25, 0.3) is 27.7 Å². The molecule has 6 nitrogen and oxygen atoms in total. The van der Waals surface area contributed by atoms with Gasteiger partial charge in [0.25, 0.3) is 0 Å². The van der Waals surface area contributed by atoms with Gasteiger partial charge in [-0.15, -0.1) is 0 Å². The summed E-state index contributed by atoms with van der Waals surface area (Å²) < 4.78 is 7.24. The van der Waals surface area contributed by atoms with Gasteiger partial charge in [-0.25, -0.2) is 9.97 Å². The number of pyridine rings is 1. The molecule has 0 radical (unpaired) electrons. The van der Waals surface area contributed by atoms with Crippen molar-refractivity contribution in [2.75, 3.05) is 12.8 Å². The van der Waals surface area contributed by atoms with Gasteiger partial charge >= 0.3 is 0 Å². The van der Waals surface area contributed by atoms with Crippen LogP contribution in [-0.2, 0) is 0 Å². The van der Waals surface area contributed by atoms with Crippen molar-refractivity contribution in [2.24, 2.45) is 0 Å². The number of hydrogen-bond donors (Lipinski definition) is 1. The Morgan fingerprint density at radius 2 is 1.96 bits per heavy atom. The normalized spacial score (nSPS) is 10.7. The first-order valence-electron chi connectivity index (χ1n) is 8.40. The molecule has 0 saturated carbocycles. The van der Waals surface area contributed by atoms with Gasteiger partial charge in [0, 0.05) is 28.4 Å². The number of benzene rings is 2. The summed E-state index contributed by atoms with van der Waals surface area (Å²) in [4.78, 5) is 8.92. The minimum atomic E-state index is 0.301. The van der Waals surface area contributed by atoms with Gasteiger partial charge in [-0.3, -0.25) is 4.57 Å². The van der Waals surface area contributed by atoms with Gasteiger partial charge in [0.2, 0.25) is 0 Å². The number of nitriles is 1. The van der Waals surface area contributed by atoms with Crippen molar-refractivity contribution < 1.29 is 4.74 Å². The number of methoxy groups -OCH3 is 1. The van der Waals surface area contributed by atoms with Crippen LogP contribution >= 0.6 is 0 Å². The van der Waals surface area contributed by atoms with E-state index in [-0.39, 0.29) is 0 Å². The predicted molar refractivity (Wildman–Crippen MR) is 105 cm³/mol. The second-order valence-electron chi connectivity index (χ2n) is 6.19. The number of hydrogen-bond acceptors (Lipinski definition) is 5. The Bertz CT molecular complexity index is 1200. The van der Waals surface area contributed by atoms with Crippen molar-refractivity contribution in [1.29, 1.82) is 5.26 Å². The smallest absolute Gasteiger partial charge is 0.151 e. The van der Waals surface area contributed by atoms with E-state index in [4.69, 9.17) is 10.5 Å². The van der Waals surface area contributed by atoms with E-state index in [1.165, 1.54) is 0 Å². The highest BCUT2D eigenvalue weighted by Gasteiger charge is 2.19. The van der Waals surface area contributed by atoms with Crippen molar-refractivity contribution in [3.8, 4) is 28.8 Å². The number of para-hydroxylation sites is 1. The summed E-state index contributed by atoms with van der Waals surface area (Å²) >= 11 is 0. The largest absolute Gasteiger partial charge is 0.497 e. The van der Waals surface area contributed by atoms with Gasteiger partial charge in [-0.2, -0.15) is 5.26 Å². The van der Waals surface area contributed by atoms with Gasteiger partial charge in [0.05, 0.1) is 12.8 Å². The molecule has 4 rings (SSSR count). The lowest BCUT2D eigenvalue weighted by atomic mass is 9.95. The Hall–Kier alpha value is -3.85. The molecule has 4 aromatic rings. The zero-order valence-corrected chi connectivity index (χ0v) is 15.0. The van der Waals surface area contributed by atoms with Gasteiger partial charge in [-0.1, -0.05) is 18.2 Å². The van der Waals surface area contributed by atoms with E-state index >= 15 is 0 Å². The molecule has 0 bridgehead atoms. The fraction of sp³-hybridized carbons (Fsp3) is 0.0952. The first-order chi connectivity index (χ1) is 13.1. The van der Waals surface area contributed by atoms with Crippen LogP contribution in [0.3, 0.4) is 0 Å². The van der Waals surface area contributed by atoms with Crippen LogP contribution in [0.1, 0.15) is 11.4 Å². The molecule has 0 fully saturated rings. The molecule has 6 heteroatoms. The number of aryl methyl sites for hydroxylation is 1. The fourth-order valence-corrected chi connectivity index (χ4v) is 3.21. The third-order valence-electron chi connectivity index (χ3n) is 4.48. The van der Waals surface area contributed by atoms with Crippen molar-refractivity contribution >= 4 is 16.5 Å². The third-order valence-corrected chi connectivity index (χ3v) is 4.48. The number of imidazole rings is 1. The van der Waals surface area contributed by atoms with Crippen molar-refractivity contribution in [2.45, 2.75) is 6.92 Å². The summed E-state index contributed by atoms with van der Waals surface area (Å²) in [6.07, 6.45) is 3.57. The molecule has 2 heterocycles. The molecule has 0 aliphatic carbocycles. The molecule has 27 heavy (non-hydrogen) atoms. The number of ether oxygens (including phenoxy) is 1. The van der Waals surface area contributed by atoms with Gasteiger partial charge in [0.1, 0.15) is 24.0 Å². The summed E-state index contributed by atoms with van der Waals surface area (Å²) in [7, 11) is 1.62. The topological polar surface area (TPSA) is 89.8 Å². The molecule has 0 aliphatic heterocycles. The molecular formula is C21H17N5O. The second kappa shape index (κ2) is 6.46. The van der Waals surface area contributed by atoms with Gasteiger partial charge in [0.15, 0.2) is 5.69 Å². The monoisotopic (exact) mass is 355 g/mol. The standard InChI is InChI=1S/C21H17N5O/c1-13-11-26(12-24-13)21-15-8-7-14(27-2)9-17(15)20(19(10-22)25-21)16-5-3-4-6-18(16)23/h3-9,11-12H,23H2,1-2H3. The quantitative estimate of drug-likeness (QED) is 0.564. The summed E-state index contributed by atoms with van der Waals surface area (Å²) in [5.74, 6) is 1.34. The Kier molecular flexibility index (Phi) is 3.98. The highest BCUT2D eigenvalue weighted by Crippen LogP contribution is 2.38. The molecule has 0 unspecified atom stereocenters. The summed E-state index contributed by atoms with van der Waals surface area (Å²) in [5, 5.41) is 11.6. The predicted octanol–water partition coefficient (Wildman–Crippen LogP) is 3.86. The maximum Gasteiger partial charge on any atom is 0.151 e. The van der Waals surface area contributed by atoms with Crippen LogP contribution in [0.5, 0.6) is 5.75 Å². The molecule has 0 aliphatic rings. The molecule has 0 spiro atoms. The highest BCUT2D eigenvalue weighted by atomic mass is 16.5. The molecule has 2 aromatic carbocycles. The zero-order valence-electron chi connectivity index (χ0n) is 15.0. The van der Waals surface area contributed by atoms with E-state index in [0.29, 0.717) is 28.5 Å². The first-order valence-corrected chi connectivity index (χ1v) is 8.40. The number of nitrogen functional groups attached to an aromatic ring is 1. The van der Waals surface area contributed by atoms with Crippen LogP contribution in [-0.4, -0.2) is 21.6 Å². The molecule has 2 N–H and O–H groups in total. The summed E-state index contributed by atoms with van der Waals surface area (Å²) in [6.45, 7) is 1.91. The van der Waals surface area contributed by atoms with Crippen molar-refractivity contribution in [1.82, 2.24) is 14.5 Å². The zero-order chi connectivity index (χ0) is 19.0. The molecule has 0 atom stereocenters. The lowest BCUT2D eigenvalue weighted by Crippen LogP contribution is -2.03. The lowest BCUT2D eigenvalue weighted by molar-refractivity contribution is 0.415. The van der Waals surface area contributed by atoms with E-state index in [0.717, 1.165) is 22.0 Å². The fourth-order valence-electron chi connectivity index (χ4n) is 3.21. The average molecular weight is 355 g/mol. The number of rotatable bonds is 3. The Labute approximate surface area is 156 Å². The van der Waals surface area contributed by atoms with Crippen LogP contribution in [0.2, 0.25) is 0 Å². The highest BCUT2D eigenvalue weighted by molar-refractivity contribution is 6.04. The number of anilines is 1. The summed E-state index contributed by atoms with van der Waals surface area (Å²) in [6, 6.07) is 15.4.